The van der Waals surface area contributed by atoms with Crippen LogP contribution in [0.2, 0.25) is 0 Å². The van der Waals surface area contributed by atoms with E-state index in [0.29, 0.717) is 18.7 Å². The summed E-state index contributed by atoms with van der Waals surface area (Å²) in [6, 6.07) is 7.03. The number of hydrogen-bond donors (Lipinski definition) is 3. The van der Waals surface area contributed by atoms with E-state index in [-0.39, 0.29) is 34.4 Å². The van der Waals surface area contributed by atoms with Crippen LogP contribution in [0.25, 0.3) is 0 Å². The Bertz CT molecular complexity index is 1430. The topological polar surface area (TPSA) is 116 Å². The molecule has 3 heterocycles. The number of aryl methyl sites for hydroxylation is 1. The molecule has 9 heteroatoms. The van der Waals surface area contributed by atoms with Crippen LogP contribution in [-0.4, -0.2) is 49.6 Å². The molecule has 2 aromatic carbocycles. The molecular formula is C30H37N5O3S. The van der Waals surface area contributed by atoms with Crippen molar-refractivity contribution in [1.29, 1.82) is 0 Å². The number of anilines is 1. The minimum absolute atomic E-state index is 0.00201. The van der Waals surface area contributed by atoms with Gasteiger partial charge in [0.1, 0.15) is 22.3 Å². The van der Waals surface area contributed by atoms with Crippen LogP contribution < -0.4 is 10.6 Å². The molecule has 39 heavy (non-hydrogen) atoms. The first-order chi connectivity index (χ1) is 18.4. The number of aromatic hydroxyl groups is 2. The van der Waals surface area contributed by atoms with Crippen LogP contribution in [0.4, 0.5) is 5.82 Å². The summed E-state index contributed by atoms with van der Waals surface area (Å²) >= 11 is 1.59. The largest absolute Gasteiger partial charge is 0.508 e. The fourth-order valence-corrected chi connectivity index (χ4v) is 6.25. The van der Waals surface area contributed by atoms with Gasteiger partial charge in [0.05, 0.1) is 17.5 Å². The molecule has 0 spiro atoms. The Kier molecular flexibility index (Phi) is 7.24. The Morgan fingerprint density at radius 2 is 1.82 bits per heavy atom. The van der Waals surface area contributed by atoms with E-state index < -0.39 is 0 Å². The third-order valence-electron chi connectivity index (χ3n) is 7.97. The second kappa shape index (κ2) is 10.4. The van der Waals surface area contributed by atoms with Gasteiger partial charge in [-0.25, -0.2) is 9.97 Å². The molecule has 5 rings (SSSR count). The maximum atomic E-state index is 13.4. The normalized spacial score (nSPS) is 16.6. The molecule has 8 nitrogen and oxygen atoms in total. The number of benzene rings is 2. The van der Waals surface area contributed by atoms with E-state index in [1.807, 2.05) is 27.0 Å². The van der Waals surface area contributed by atoms with E-state index in [0.717, 1.165) is 64.1 Å². The predicted molar refractivity (Wildman–Crippen MR) is 154 cm³/mol. The molecule has 1 aromatic heterocycles. The maximum absolute atomic E-state index is 13.4. The zero-order valence-electron chi connectivity index (χ0n) is 23.3. The highest BCUT2D eigenvalue weighted by Gasteiger charge is 2.30. The monoisotopic (exact) mass is 547 g/mol. The summed E-state index contributed by atoms with van der Waals surface area (Å²) in [6.45, 7) is 12.8. The van der Waals surface area contributed by atoms with Gasteiger partial charge in [0, 0.05) is 42.7 Å². The van der Waals surface area contributed by atoms with E-state index in [2.05, 4.69) is 30.9 Å². The SMILES string of the molecule is Cc1nc(N2CCC(C)(N)CC2)cnc1Sc1ccc2c(c1C)CN(C(=O)c1cc(C(C)C)c(O)cc1O)C2. The Morgan fingerprint density at radius 3 is 2.49 bits per heavy atom. The van der Waals surface area contributed by atoms with Crippen molar-refractivity contribution >= 4 is 23.5 Å². The zero-order valence-corrected chi connectivity index (χ0v) is 24.1. The lowest BCUT2D eigenvalue weighted by Gasteiger charge is -2.37. The van der Waals surface area contributed by atoms with Gasteiger partial charge in [-0.15, -0.1) is 0 Å². The molecule has 4 N–H and O–H groups in total. The highest BCUT2D eigenvalue weighted by atomic mass is 32.2. The third-order valence-corrected chi connectivity index (χ3v) is 9.22. The molecule has 0 atom stereocenters. The van der Waals surface area contributed by atoms with Crippen LogP contribution in [0.3, 0.4) is 0 Å². The van der Waals surface area contributed by atoms with E-state index in [4.69, 9.17) is 15.7 Å². The van der Waals surface area contributed by atoms with Gasteiger partial charge in [-0.3, -0.25) is 4.79 Å². The van der Waals surface area contributed by atoms with Crippen LogP contribution in [0.5, 0.6) is 11.5 Å². The molecule has 1 saturated heterocycles. The van der Waals surface area contributed by atoms with Crippen molar-refractivity contribution < 1.29 is 15.0 Å². The van der Waals surface area contributed by atoms with Crippen molar-refractivity contribution in [1.82, 2.24) is 14.9 Å². The van der Waals surface area contributed by atoms with Gasteiger partial charge in [0.15, 0.2) is 0 Å². The summed E-state index contributed by atoms with van der Waals surface area (Å²) in [7, 11) is 0. The Balaban J connectivity index is 1.32. The van der Waals surface area contributed by atoms with Crippen molar-refractivity contribution in [3.63, 3.8) is 0 Å². The lowest BCUT2D eigenvalue weighted by molar-refractivity contribution is 0.0748. The number of carbonyl (C=O) groups excluding carboxylic acids is 1. The van der Waals surface area contributed by atoms with Gasteiger partial charge >= 0.3 is 0 Å². The summed E-state index contributed by atoms with van der Waals surface area (Å²) in [6.07, 6.45) is 3.72. The van der Waals surface area contributed by atoms with Crippen LogP contribution in [0, 0.1) is 13.8 Å². The lowest BCUT2D eigenvalue weighted by Crippen LogP contribution is -2.48. The number of hydrogen-bond acceptors (Lipinski definition) is 8. The molecule has 0 aliphatic carbocycles. The molecule has 206 valence electrons. The number of nitrogens with two attached hydrogens (primary N) is 1. The maximum Gasteiger partial charge on any atom is 0.258 e. The molecule has 0 saturated carbocycles. The minimum atomic E-state index is -0.246. The van der Waals surface area contributed by atoms with Crippen LogP contribution in [-0.2, 0) is 13.1 Å². The van der Waals surface area contributed by atoms with Gasteiger partial charge in [0.25, 0.3) is 5.91 Å². The van der Waals surface area contributed by atoms with Crippen molar-refractivity contribution in [3.05, 3.63) is 64.0 Å². The fraction of sp³-hybridized carbons (Fsp3) is 0.433. The van der Waals surface area contributed by atoms with Crippen LogP contribution in [0.15, 0.2) is 40.4 Å². The second-order valence-electron chi connectivity index (χ2n) is 11.4. The third kappa shape index (κ3) is 5.43. The Hall–Kier alpha value is -3.30. The van der Waals surface area contributed by atoms with Crippen molar-refractivity contribution in [3.8, 4) is 11.5 Å². The molecule has 1 amide bonds. The highest BCUT2D eigenvalue weighted by molar-refractivity contribution is 7.99. The number of aromatic nitrogens is 2. The molecule has 0 radical (unpaired) electrons. The minimum Gasteiger partial charge on any atom is -0.508 e. The molecule has 1 fully saturated rings. The van der Waals surface area contributed by atoms with Crippen LogP contribution in [0.1, 0.15) is 77.8 Å². The first kappa shape index (κ1) is 27.3. The van der Waals surface area contributed by atoms with E-state index >= 15 is 0 Å². The van der Waals surface area contributed by atoms with Gasteiger partial charge in [0.2, 0.25) is 0 Å². The quantitative estimate of drug-likeness (QED) is 0.397. The van der Waals surface area contributed by atoms with E-state index in [9.17, 15) is 15.0 Å². The molecular weight excluding hydrogens is 510 g/mol. The summed E-state index contributed by atoms with van der Waals surface area (Å²) in [5.74, 6) is 0.471. The highest BCUT2D eigenvalue weighted by Crippen LogP contribution is 2.38. The lowest BCUT2D eigenvalue weighted by atomic mass is 9.91. The predicted octanol–water partition coefficient (Wildman–Crippen LogP) is 5.25. The number of carbonyl (C=O) groups is 1. The average molecular weight is 548 g/mol. The van der Waals surface area contributed by atoms with Crippen molar-refractivity contribution in [2.45, 2.75) is 81.9 Å². The summed E-state index contributed by atoms with van der Waals surface area (Å²) in [5, 5.41) is 21.5. The Labute approximate surface area is 234 Å². The number of rotatable bonds is 5. The number of amides is 1. The molecule has 2 aliphatic heterocycles. The first-order valence-electron chi connectivity index (χ1n) is 13.5. The van der Waals surface area contributed by atoms with Gasteiger partial charge < -0.3 is 25.7 Å². The van der Waals surface area contributed by atoms with Gasteiger partial charge in [-0.2, -0.15) is 0 Å². The summed E-state index contributed by atoms with van der Waals surface area (Å²) in [4.78, 5) is 28.1. The van der Waals surface area contributed by atoms with Crippen molar-refractivity contribution in [2.24, 2.45) is 5.73 Å². The zero-order chi connectivity index (χ0) is 28.1. The summed E-state index contributed by atoms with van der Waals surface area (Å²) in [5.41, 5.74) is 11.3. The smallest absolute Gasteiger partial charge is 0.258 e. The van der Waals surface area contributed by atoms with Crippen molar-refractivity contribution in [2.75, 3.05) is 18.0 Å². The van der Waals surface area contributed by atoms with Gasteiger partial charge in [-0.05, 0) is 73.9 Å². The fourth-order valence-electron chi connectivity index (χ4n) is 5.33. The summed E-state index contributed by atoms with van der Waals surface area (Å²) < 4.78 is 0. The van der Waals surface area contributed by atoms with Crippen LogP contribution >= 0.6 is 11.8 Å². The molecule has 2 aliphatic rings. The first-order valence-corrected chi connectivity index (χ1v) is 14.3. The number of piperidine rings is 1. The molecule has 0 bridgehead atoms. The number of phenolic OH excluding ortho intramolecular Hbond substituents is 2. The number of phenols is 2. The number of nitrogens with zero attached hydrogens (tertiary/aromatic N) is 4. The van der Waals surface area contributed by atoms with Gasteiger partial charge in [-0.1, -0.05) is 31.7 Å². The van der Waals surface area contributed by atoms with E-state index in [1.165, 1.54) is 6.07 Å². The Morgan fingerprint density at radius 1 is 1.10 bits per heavy atom. The van der Waals surface area contributed by atoms with E-state index in [1.54, 1.807) is 22.7 Å². The molecule has 3 aromatic rings. The molecule has 0 unspecified atom stereocenters. The average Bonchev–Trinajstić information content (AvgIpc) is 3.31. The standard InChI is InChI=1S/C30H37N5O3S/c1-17(2)21-12-22(25(37)13-24(21)36)29(38)35-15-20-6-7-26(18(3)23(20)16-35)39-28-19(4)33-27(14-32-28)34-10-8-30(5,31)9-11-34/h6-7,12-14,17,36-37H,8-11,15-16,31H2,1-5H3. The second-order valence-corrected chi connectivity index (χ2v) is 12.5. The number of fused-ring (bicyclic) bond motifs is 1.